The van der Waals surface area contributed by atoms with E-state index in [1.807, 2.05) is 12.2 Å². The van der Waals surface area contributed by atoms with Crippen molar-refractivity contribution in [3.05, 3.63) is 24.3 Å². The van der Waals surface area contributed by atoms with Crippen LogP contribution in [-0.2, 0) is 13.3 Å². The SMILES string of the molecule is CCC1([Si](OC)(OC)OC)C=CC=CC1CCl. The van der Waals surface area contributed by atoms with Crippen molar-refractivity contribution in [2.75, 3.05) is 27.2 Å². The molecular formula is C12H21ClO3Si. The maximum absolute atomic E-state index is 6.09. The van der Waals surface area contributed by atoms with Gasteiger partial charge in [0.15, 0.2) is 0 Å². The van der Waals surface area contributed by atoms with Gasteiger partial charge < -0.3 is 13.3 Å². The third kappa shape index (κ3) is 2.24. The van der Waals surface area contributed by atoms with E-state index >= 15 is 0 Å². The average molecular weight is 277 g/mol. The van der Waals surface area contributed by atoms with Crippen LogP contribution < -0.4 is 0 Å². The van der Waals surface area contributed by atoms with Crippen molar-refractivity contribution in [2.45, 2.75) is 18.4 Å². The summed E-state index contributed by atoms with van der Waals surface area (Å²) in [6.45, 7) is 2.11. The topological polar surface area (TPSA) is 27.7 Å². The van der Waals surface area contributed by atoms with Crippen LogP contribution in [0.25, 0.3) is 0 Å². The normalized spacial score (nSPS) is 28.6. The van der Waals surface area contributed by atoms with Crippen LogP contribution in [0.1, 0.15) is 13.3 Å². The van der Waals surface area contributed by atoms with Crippen molar-refractivity contribution in [1.29, 1.82) is 0 Å². The fourth-order valence-corrected chi connectivity index (χ4v) is 6.19. The van der Waals surface area contributed by atoms with Gasteiger partial charge in [-0.3, -0.25) is 0 Å². The van der Waals surface area contributed by atoms with E-state index in [0.29, 0.717) is 5.88 Å². The molecule has 1 rings (SSSR count). The van der Waals surface area contributed by atoms with Crippen molar-refractivity contribution in [1.82, 2.24) is 0 Å². The van der Waals surface area contributed by atoms with Crippen LogP contribution in [0, 0.1) is 5.92 Å². The zero-order valence-electron chi connectivity index (χ0n) is 10.9. The molecule has 0 spiro atoms. The molecule has 0 saturated carbocycles. The van der Waals surface area contributed by atoms with Crippen LogP contribution in [0.3, 0.4) is 0 Å². The van der Waals surface area contributed by atoms with E-state index in [9.17, 15) is 0 Å². The molecule has 0 saturated heterocycles. The first-order valence-electron chi connectivity index (χ1n) is 5.73. The van der Waals surface area contributed by atoms with Gasteiger partial charge in [-0.15, -0.1) is 11.6 Å². The van der Waals surface area contributed by atoms with Gasteiger partial charge in [0.1, 0.15) is 0 Å². The minimum atomic E-state index is -2.77. The summed E-state index contributed by atoms with van der Waals surface area (Å²) in [6, 6.07) is 0. The maximum Gasteiger partial charge on any atom is 0.511 e. The zero-order valence-corrected chi connectivity index (χ0v) is 12.7. The van der Waals surface area contributed by atoms with E-state index in [4.69, 9.17) is 24.9 Å². The molecule has 0 heterocycles. The summed E-state index contributed by atoms with van der Waals surface area (Å²) < 4.78 is 17.0. The first-order valence-corrected chi connectivity index (χ1v) is 7.99. The monoisotopic (exact) mass is 276 g/mol. The van der Waals surface area contributed by atoms with Crippen molar-refractivity contribution < 1.29 is 13.3 Å². The van der Waals surface area contributed by atoms with Crippen LogP contribution in [0.5, 0.6) is 0 Å². The smallest absolute Gasteiger partial charge is 0.376 e. The number of alkyl halides is 1. The van der Waals surface area contributed by atoms with Crippen LogP contribution in [0.2, 0.25) is 5.04 Å². The third-order valence-electron chi connectivity index (χ3n) is 3.64. The molecule has 3 nitrogen and oxygen atoms in total. The lowest BCUT2D eigenvalue weighted by molar-refractivity contribution is 0.0888. The van der Waals surface area contributed by atoms with E-state index in [0.717, 1.165) is 6.42 Å². The van der Waals surface area contributed by atoms with E-state index in [1.54, 1.807) is 21.3 Å². The summed E-state index contributed by atoms with van der Waals surface area (Å²) in [5.74, 6) is 0.699. The second kappa shape index (κ2) is 6.16. The number of rotatable bonds is 6. The molecule has 5 heteroatoms. The summed E-state index contributed by atoms with van der Waals surface area (Å²) in [5.41, 5.74) is 0. The van der Waals surface area contributed by atoms with Gasteiger partial charge in [0.25, 0.3) is 0 Å². The summed E-state index contributed by atoms with van der Waals surface area (Å²) >= 11 is 6.09. The van der Waals surface area contributed by atoms with Crippen molar-refractivity contribution >= 4 is 20.4 Å². The highest BCUT2D eigenvalue weighted by Crippen LogP contribution is 2.52. The molecule has 0 radical (unpaired) electrons. The number of hydrogen-bond donors (Lipinski definition) is 0. The largest absolute Gasteiger partial charge is 0.511 e. The maximum atomic E-state index is 6.09. The minimum absolute atomic E-state index is 0.172. The molecule has 2 unspecified atom stereocenters. The van der Waals surface area contributed by atoms with Crippen molar-refractivity contribution in [3.63, 3.8) is 0 Å². The van der Waals surface area contributed by atoms with E-state index in [-0.39, 0.29) is 11.0 Å². The van der Waals surface area contributed by atoms with E-state index in [1.165, 1.54) is 0 Å². The summed E-state index contributed by atoms with van der Waals surface area (Å²) in [5, 5.41) is -0.276. The Kier molecular flexibility index (Phi) is 5.41. The molecule has 1 aliphatic carbocycles. The van der Waals surface area contributed by atoms with Gasteiger partial charge >= 0.3 is 8.80 Å². The highest BCUT2D eigenvalue weighted by Gasteiger charge is 2.60. The molecule has 1 aliphatic rings. The Balaban J connectivity index is 3.25. The fourth-order valence-electron chi connectivity index (χ4n) is 2.66. The van der Waals surface area contributed by atoms with Gasteiger partial charge in [-0.1, -0.05) is 31.2 Å². The fraction of sp³-hybridized carbons (Fsp3) is 0.667. The number of hydrogen-bond acceptors (Lipinski definition) is 3. The third-order valence-corrected chi connectivity index (χ3v) is 7.61. The lowest BCUT2D eigenvalue weighted by Gasteiger charge is -2.45. The molecule has 0 N–H and O–H groups in total. The predicted molar refractivity (Wildman–Crippen MR) is 72.3 cm³/mol. The molecule has 0 aromatic heterocycles. The Bertz CT molecular complexity index is 294. The first kappa shape index (κ1) is 14.9. The Morgan fingerprint density at radius 3 is 2.18 bits per heavy atom. The van der Waals surface area contributed by atoms with Crippen LogP contribution in [0.15, 0.2) is 24.3 Å². The molecule has 0 fully saturated rings. The minimum Gasteiger partial charge on any atom is -0.376 e. The Hall–Kier alpha value is -0.133. The molecule has 0 bridgehead atoms. The van der Waals surface area contributed by atoms with Crippen LogP contribution in [-0.4, -0.2) is 36.0 Å². The van der Waals surface area contributed by atoms with Crippen molar-refractivity contribution in [3.8, 4) is 0 Å². The quantitative estimate of drug-likeness (QED) is 0.551. The number of allylic oxidation sites excluding steroid dienone is 4. The van der Waals surface area contributed by atoms with Gasteiger partial charge in [0.05, 0.1) is 5.04 Å². The van der Waals surface area contributed by atoms with Gasteiger partial charge in [-0.2, -0.15) is 0 Å². The van der Waals surface area contributed by atoms with Gasteiger partial charge in [0.2, 0.25) is 0 Å². The second-order valence-electron chi connectivity index (χ2n) is 4.07. The van der Waals surface area contributed by atoms with E-state index < -0.39 is 8.80 Å². The van der Waals surface area contributed by atoms with Gasteiger partial charge in [0, 0.05) is 33.1 Å². The summed E-state index contributed by atoms with van der Waals surface area (Å²) in [6.07, 6.45) is 9.14. The highest BCUT2D eigenvalue weighted by molar-refractivity contribution is 6.65. The van der Waals surface area contributed by atoms with Gasteiger partial charge in [-0.05, 0) is 6.42 Å². The molecule has 0 aromatic rings. The van der Waals surface area contributed by atoms with E-state index in [2.05, 4.69) is 19.1 Å². The highest BCUT2D eigenvalue weighted by atomic mass is 35.5. The van der Waals surface area contributed by atoms with Crippen LogP contribution >= 0.6 is 11.6 Å². The summed E-state index contributed by atoms with van der Waals surface area (Å²) in [4.78, 5) is 0. The Morgan fingerprint density at radius 2 is 1.76 bits per heavy atom. The number of halogens is 1. The molecule has 0 aliphatic heterocycles. The second-order valence-corrected chi connectivity index (χ2v) is 7.64. The molecule has 17 heavy (non-hydrogen) atoms. The Morgan fingerprint density at radius 1 is 1.18 bits per heavy atom. The van der Waals surface area contributed by atoms with Gasteiger partial charge in [-0.25, -0.2) is 0 Å². The predicted octanol–water partition coefficient (Wildman–Crippen LogP) is 3.00. The molecule has 0 amide bonds. The molecule has 0 aromatic carbocycles. The summed E-state index contributed by atoms with van der Waals surface area (Å²) in [7, 11) is 2.17. The zero-order chi connectivity index (χ0) is 12.9. The molecular weight excluding hydrogens is 256 g/mol. The molecule has 98 valence electrons. The first-order chi connectivity index (χ1) is 8.16. The standard InChI is InChI=1S/C12H21ClO3Si/c1-5-12(17(14-2,15-3)16-4)9-7-6-8-11(12)10-13/h6-9,11H,5,10H2,1-4H3. The Labute approximate surface area is 110 Å². The lowest BCUT2D eigenvalue weighted by Crippen LogP contribution is -2.57. The van der Waals surface area contributed by atoms with Crippen molar-refractivity contribution in [2.24, 2.45) is 5.92 Å². The lowest BCUT2D eigenvalue weighted by atomic mass is 9.86. The van der Waals surface area contributed by atoms with Crippen LogP contribution in [0.4, 0.5) is 0 Å². The average Bonchev–Trinajstić information content (AvgIpc) is 2.41. The molecule has 2 atom stereocenters.